The van der Waals surface area contributed by atoms with Gasteiger partial charge < -0.3 is 10.0 Å². The van der Waals surface area contributed by atoms with Crippen molar-refractivity contribution in [1.29, 1.82) is 0 Å². The fourth-order valence-electron chi connectivity index (χ4n) is 3.08. The Hall–Kier alpha value is -0.900. The van der Waals surface area contributed by atoms with Crippen molar-refractivity contribution in [1.82, 2.24) is 4.90 Å². The second-order valence-corrected chi connectivity index (χ2v) is 6.05. The smallest absolute Gasteiger partial charge is 0.277 e. The molecule has 1 fully saturated rings. The van der Waals surface area contributed by atoms with Gasteiger partial charge in [0.05, 0.1) is 6.54 Å². The van der Waals surface area contributed by atoms with Crippen LogP contribution < -0.4 is 0 Å². The van der Waals surface area contributed by atoms with Gasteiger partial charge in [-0.3, -0.25) is 4.79 Å². The van der Waals surface area contributed by atoms with Crippen LogP contribution >= 0.6 is 0 Å². The molecule has 108 valence electrons. The normalized spacial score (nSPS) is 32.4. The highest BCUT2D eigenvalue weighted by Gasteiger charge is 2.33. The summed E-state index contributed by atoms with van der Waals surface area (Å²) < 4.78 is 0. The van der Waals surface area contributed by atoms with Crippen molar-refractivity contribution in [3.63, 3.8) is 0 Å². The number of aliphatic imine (C=N–C) groups is 1. The Labute approximate surface area is 115 Å². The summed E-state index contributed by atoms with van der Waals surface area (Å²) in [5.41, 5.74) is 0. The fraction of sp³-hybridized carbons (Fsp3) is 0.867. The zero-order chi connectivity index (χ0) is 13.8. The zero-order valence-electron chi connectivity index (χ0n) is 12.1. The minimum absolute atomic E-state index is 0.355. The highest BCUT2D eigenvalue weighted by molar-refractivity contribution is 5.98. The van der Waals surface area contributed by atoms with E-state index >= 15 is 0 Å². The third-order valence-electron chi connectivity index (χ3n) is 4.41. The maximum Gasteiger partial charge on any atom is 0.277 e. The molecule has 0 aromatic rings. The van der Waals surface area contributed by atoms with Gasteiger partial charge >= 0.3 is 0 Å². The Balaban J connectivity index is 2.07. The summed E-state index contributed by atoms with van der Waals surface area (Å²) in [7, 11) is 0. The summed E-state index contributed by atoms with van der Waals surface area (Å²) in [6.45, 7) is 4.89. The van der Waals surface area contributed by atoms with Crippen LogP contribution in [0.2, 0.25) is 0 Å². The van der Waals surface area contributed by atoms with Gasteiger partial charge in [0.25, 0.3) is 5.91 Å². The Kier molecular flexibility index (Phi) is 4.97. The number of hydrogen-bond donors (Lipinski definition) is 1. The van der Waals surface area contributed by atoms with Gasteiger partial charge in [0.1, 0.15) is 5.84 Å². The molecule has 1 unspecified atom stereocenters. The van der Waals surface area contributed by atoms with E-state index in [1.807, 2.05) is 0 Å². The molecular weight excluding hydrogens is 240 g/mol. The standard InChI is InChI=1S/C15H26N2O2/c1-3-4-5-14-16-15(19)13(18)10-17(14)12-8-6-11(2)7-9-12/h11-13,18H,3-10H2,1-2H3. The van der Waals surface area contributed by atoms with Crippen LogP contribution in [0.25, 0.3) is 0 Å². The van der Waals surface area contributed by atoms with E-state index in [2.05, 4.69) is 23.7 Å². The number of carbonyl (C=O) groups is 1. The quantitative estimate of drug-likeness (QED) is 0.850. The van der Waals surface area contributed by atoms with E-state index in [-0.39, 0.29) is 5.91 Å². The first-order valence-electron chi connectivity index (χ1n) is 7.68. The average molecular weight is 266 g/mol. The van der Waals surface area contributed by atoms with Gasteiger partial charge in [0.15, 0.2) is 6.10 Å². The summed E-state index contributed by atoms with van der Waals surface area (Å²) in [5, 5.41) is 9.78. The Morgan fingerprint density at radius 1 is 1.32 bits per heavy atom. The van der Waals surface area contributed by atoms with E-state index in [1.165, 1.54) is 12.8 Å². The number of aliphatic hydroxyl groups is 1. The molecule has 1 amide bonds. The number of nitrogens with zero attached hydrogens (tertiary/aromatic N) is 2. The van der Waals surface area contributed by atoms with Crippen molar-refractivity contribution in [3.8, 4) is 0 Å². The molecule has 4 heteroatoms. The van der Waals surface area contributed by atoms with Gasteiger partial charge in [-0.05, 0) is 38.0 Å². The van der Waals surface area contributed by atoms with E-state index in [1.54, 1.807) is 0 Å². The molecule has 1 N–H and O–H groups in total. The van der Waals surface area contributed by atoms with E-state index in [0.717, 1.165) is 43.9 Å². The number of β-amino-alcohol motifs (C(OH)–C–C–N with tert-alkyl or cyclic N) is 1. The molecule has 0 aromatic heterocycles. The van der Waals surface area contributed by atoms with E-state index < -0.39 is 6.10 Å². The first-order valence-corrected chi connectivity index (χ1v) is 7.68. The van der Waals surface area contributed by atoms with Gasteiger partial charge in [-0.2, -0.15) is 4.99 Å². The third-order valence-corrected chi connectivity index (χ3v) is 4.41. The van der Waals surface area contributed by atoms with E-state index in [9.17, 15) is 9.90 Å². The zero-order valence-corrected chi connectivity index (χ0v) is 12.1. The molecule has 1 aliphatic heterocycles. The van der Waals surface area contributed by atoms with Crippen LogP contribution in [0.15, 0.2) is 4.99 Å². The molecule has 4 nitrogen and oxygen atoms in total. The maximum atomic E-state index is 11.6. The number of rotatable bonds is 4. The molecular formula is C15H26N2O2. The van der Waals surface area contributed by atoms with Crippen molar-refractivity contribution >= 4 is 11.7 Å². The summed E-state index contributed by atoms with van der Waals surface area (Å²) in [4.78, 5) is 17.9. The van der Waals surface area contributed by atoms with E-state index in [0.29, 0.717) is 12.6 Å². The second-order valence-electron chi connectivity index (χ2n) is 6.05. The Morgan fingerprint density at radius 3 is 2.63 bits per heavy atom. The molecule has 0 radical (unpaired) electrons. The summed E-state index contributed by atoms with van der Waals surface area (Å²) in [6, 6.07) is 0.467. The van der Waals surface area contributed by atoms with Crippen LogP contribution in [0.4, 0.5) is 0 Å². The predicted molar refractivity (Wildman–Crippen MR) is 76.1 cm³/mol. The number of hydrogen-bond acceptors (Lipinski definition) is 3. The van der Waals surface area contributed by atoms with Crippen LogP contribution in [-0.4, -0.2) is 40.4 Å². The van der Waals surface area contributed by atoms with Crippen molar-refractivity contribution in [2.24, 2.45) is 10.9 Å². The van der Waals surface area contributed by atoms with Gasteiger partial charge in [0.2, 0.25) is 0 Å². The lowest BCUT2D eigenvalue weighted by molar-refractivity contribution is -0.127. The van der Waals surface area contributed by atoms with Crippen molar-refractivity contribution in [3.05, 3.63) is 0 Å². The van der Waals surface area contributed by atoms with Gasteiger partial charge in [-0.1, -0.05) is 20.3 Å². The second kappa shape index (κ2) is 6.51. The summed E-state index contributed by atoms with van der Waals surface area (Å²) in [5.74, 6) is 1.37. The van der Waals surface area contributed by atoms with Gasteiger partial charge in [-0.25, -0.2) is 0 Å². The summed E-state index contributed by atoms with van der Waals surface area (Å²) >= 11 is 0. The van der Waals surface area contributed by atoms with Crippen molar-refractivity contribution < 1.29 is 9.90 Å². The lowest BCUT2D eigenvalue weighted by atomic mass is 9.86. The number of unbranched alkanes of at least 4 members (excludes halogenated alkanes) is 1. The fourth-order valence-corrected chi connectivity index (χ4v) is 3.08. The topological polar surface area (TPSA) is 52.9 Å². The van der Waals surface area contributed by atoms with Crippen LogP contribution in [0.3, 0.4) is 0 Å². The number of amidine groups is 1. The van der Waals surface area contributed by atoms with Crippen molar-refractivity contribution in [2.45, 2.75) is 70.9 Å². The maximum absolute atomic E-state index is 11.6. The Morgan fingerprint density at radius 2 is 2.00 bits per heavy atom. The van der Waals surface area contributed by atoms with Crippen LogP contribution in [-0.2, 0) is 4.79 Å². The largest absolute Gasteiger partial charge is 0.381 e. The number of aliphatic hydroxyl groups excluding tert-OH is 1. The Bertz CT molecular complexity index is 346. The van der Waals surface area contributed by atoms with Crippen LogP contribution in [0.5, 0.6) is 0 Å². The third kappa shape index (κ3) is 3.56. The molecule has 1 heterocycles. The van der Waals surface area contributed by atoms with Gasteiger partial charge in [-0.15, -0.1) is 0 Å². The molecule has 1 atom stereocenters. The highest BCUT2D eigenvalue weighted by Crippen LogP contribution is 2.29. The van der Waals surface area contributed by atoms with Crippen molar-refractivity contribution in [2.75, 3.05) is 6.54 Å². The molecule has 0 spiro atoms. The monoisotopic (exact) mass is 266 g/mol. The molecule has 0 bridgehead atoms. The molecule has 1 aliphatic carbocycles. The van der Waals surface area contributed by atoms with Crippen LogP contribution in [0, 0.1) is 5.92 Å². The lowest BCUT2D eigenvalue weighted by Crippen LogP contribution is -2.51. The molecule has 0 saturated heterocycles. The molecule has 1 saturated carbocycles. The minimum atomic E-state index is -0.926. The summed E-state index contributed by atoms with van der Waals surface area (Å²) in [6.07, 6.45) is 6.90. The lowest BCUT2D eigenvalue weighted by Gasteiger charge is -2.40. The highest BCUT2D eigenvalue weighted by atomic mass is 16.3. The number of carbonyl (C=O) groups excluding carboxylic acids is 1. The van der Waals surface area contributed by atoms with Crippen LogP contribution in [0.1, 0.15) is 58.8 Å². The molecule has 0 aromatic carbocycles. The minimum Gasteiger partial charge on any atom is -0.381 e. The molecule has 2 rings (SSSR count). The van der Waals surface area contributed by atoms with E-state index in [4.69, 9.17) is 0 Å². The van der Waals surface area contributed by atoms with Gasteiger partial charge in [0, 0.05) is 12.5 Å². The predicted octanol–water partition coefficient (Wildman–Crippen LogP) is 2.36. The SMILES string of the molecule is CCCCC1=NC(=O)C(O)CN1C1CCC(C)CC1. The average Bonchev–Trinajstić information content (AvgIpc) is 2.41. The molecule has 2 aliphatic rings. The first kappa shape index (κ1) is 14.5. The molecule has 19 heavy (non-hydrogen) atoms. The number of amides is 1. The first-order chi connectivity index (χ1) is 9.11.